The van der Waals surface area contributed by atoms with Gasteiger partial charge >= 0.3 is 0 Å². The number of methoxy groups -OCH3 is 2. The van der Waals surface area contributed by atoms with Crippen molar-refractivity contribution >= 4 is 11.8 Å². The molecule has 100 valence electrons. The molecule has 1 aliphatic rings. The number of ether oxygens (including phenoxy) is 2. The van der Waals surface area contributed by atoms with Gasteiger partial charge in [-0.15, -0.1) is 0 Å². The number of thioether (sulfide) groups is 1. The summed E-state index contributed by atoms with van der Waals surface area (Å²) in [4.78, 5) is 0. The van der Waals surface area contributed by atoms with Gasteiger partial charge in [-0.05, 0) is 36.3 Å². The molecule has 1 atom stereocenters. The van der Waals surface area contributed by atoms with Crippen LogP contribution in [-0.4, -0.2) is 31.8 Å². The van der Waals surface area contributed by atoms with E-state index >= 15 is 0 Å². The molecule has 0 aliphatic carbocycles. The second-order valence-electron chi connectivity index (χ2n) is 4.48. The van der Waals surface area contributed by atoms with Gasteiger partial charge in [-0.2, -0.15) is 11.8 Å². The van der Waals surface area contributed by atoms with Crippen molar-refractivity contribution in [3.63, 3.8) is 0 Å². The molecule has 1 aromatic carbocycles. The Labute approximate surface area is 113 Å². The topological polar surface area (TPSA) is 30.5 Å². The Morgan fingerprint density at radius 1 is 1.28 bits per heavy atom. The Morgan fingerprint density at radius 2 is 2.11 bits per heavy atom. The van der Waals surface area contributed by atoms with Crippen LogP contribution in [0.1, 0.15) is 18.4 Å². The van der Waals surface area contributed by atoms with E-state index in [0.29, 0.717) is 6.04 Å². The van der Waals surface area contributed by atoms with E-state index < -0.39 is 0 Å². The lowest BCUT2D eigenvalue weighted by molar-refractivity contribution is 0.354. The zero-order valence-corrected chi connectivity index (χ0v) is 11.9. The first-order valence-electron chi connectivity index (χ1n) is 6.35. The van der Waals surface area contributed by atoms with Crippen molar-refractivity contribution in [3.8, 4) is 11.5 Å². The molecular weight excluding hydrogens is 246 g/mol. The minimum absolute atomic E-state index is 0.650. The largest absolute Gasteiger partial charge is 0.493 e. The minimum Gasteiger partial charge on any atom is -0.493 e. The fourth-order valence-electron chi connectivity index (χ4n) is 2.15. The fourth-order valence-corrected chi connectivity index (χ4v) is 3.26. The molecule has 0 spiro atoms. The summed E-state index contributed by atoms with van der Waals surface area (Å²) in [5, 5.41) is 3.61. The van der Waals surface area contributed by atoms with Crippen LogP contribution in [0, 0.1) is 0 Å². The summed E-state index contributed by atoms with van der Waals surface area (Å²) < 4.78 is 10.5. The lowest BCUT2D eigenvalue weighted by atomic mass is 10.1. The van der Waals surface area contributed by atoms with Crippen LogP contribution in [0.4, 0.5) is 0 Å². The molecular formula is C14H21NO2S. The first kappa shape index (κ1) is 13.6. The lowest BCUT2D eigenvalue weighted by Gasteiger charge is -2.22. The number of benzene rings is 1. The van der Waals surface area contributed by atoms with Gasteiger partial charge in [0, 0.05) is 18.3 Å². The SMILES string of the molecule is COc1ccc(CN[C@@H]2CCCSC2)cc1OC. The number of nitrogens with one attached hydrogen (secondary N) is 1. The third-order valence-corrected chi connectivity index (χ3v) is 4.42. The van der Waals surface area contributed by atoms with Crippen LogP contribution in [0.25, 0.3) is 0 Å². The van der Waals surface area contributed by atoms with Gasteiger partial charge < -0.3 is 14.8 Å². The second kappa shape index (κ2) is 6.90. The van der Waals surface area contributed by atoms with Gasteiger partial charge in [0.15, 0.2) is 11.5 Å². The van der Waals surface area contributed by atoms with Crippen molar-refractivity contribution in [1.29, 1.82) is 0 Å². The zero-order chi connectivity index (χ0) is 12.8. The summed E-state index contributed by atoms with van der Waals surface area (Å²) in [6.45, 7) is 0.894. The van der Waals surface area contributed by atoms with Crippen molar-refractivity contribution in [2.24, 2.45) is 0 Å². The monoisotopic (exact) mass is 267 g/mol. The van der Waals surface area contributed by atoms with Gasteiger partial charge in [0.1, 0.15) is 0 Å². The van der Waals surface area contributed by atoms with Gasteiger partial charge in [0.05, 0.1) is 14.2 Å². The molecule has 0 radical (unpaired) electrons. The maximum absolute atomic E-state index is 5.31. The van der Waals surface area contributed by atoms with Crippen molar-refractivity contribution in [2.75, 3.05) is 25.7 Å². The number of rotatable bonds is 5. The average molecular weight is 267 g/mol. The van der Waals surface area contributed by atoms with Gasteiger partial charge in [-0.1, -0.05) is 6.07 Å². The zero-order valence-electron chi connectivity index (χ0n) is 11.1. The Hall–Kier alpha value is -0.870. The maximum Gasteiger partial charge on any atom is 0.161 e. The molecule has 0 saturated carbocycles. The van der Waals surface area contributed by atoms with Crippen LogP contribution in [0.3, 0.4) is 0 Å². The number of hydrogen-bond acceptors (Lipinski definition) is 4. The van der Waals surface area contributed by atoms with Crippen molar-refractivity contribution in [3.05, 3.63) is 23.8 Å². The van der Waals surface area contributed by atoms with Gasteiger partial charge in [0.2, 0.25) is 0 Å². The van der Waals surface area contributed by atoms with E-state index in [-0.39, 0.29) is 0 Å². The Kier molecular flexibility index (Phi) is 5.20. The van der Waals surface area contributed by atoms with Crippen LogP contribution < -0.4 is 14.8 Å². The quantitative estimate of drug-likeness (QED) is 0.888. The molecule has 1 fully saturated rings. The highest BCUT2D eigenvalue weighted by Crippen LogP contribution is 2.27. The van der Waals surface area contributed by atoms with Crippen LogP contribution in [0.2, 0.25) is 0 Å². The summed E-state index contributed by atoms with van der Waals surface area (Å²) in [6, 6.07) is 6.74. The standard InChI is InChI=1S/C14H21NO2S/c1-16-13-6-5-11(8-14(13)17-2)9-15-12-4-3-7-18-10-12/h5-6,8,12,15H,3-4,7,9-10H2,1-2H3/t12-/m1/s1. The van der Waals surface area contributed by atoms with E-state index in [1.54, 1.807) is 14.2 Å². The third-order valence-electron chi connectivity index (χ3n) is 3.20. The summed E-state index contributed by atoms with van der Waals surface area (Å²) in [5.41, 5.74) is 1.24. The maximum atomic E-state index is 5.31. The van der Waals surface area contributed by atoms with Crippen LogP contribution >= 0.6 is 11.8 Å². The molecule has 0 aromatic heterocycles. The van der Waals surface area contributed by atoms with E-state index in [9.17, 15) is 0 Å². The molecule has 0 bridgehead atoms. The first-order valence-corrected chi connectivity index (χ1v) is 7.51. The molecule has 1 saturated heterocycles. The predicted molar refractivity (Wildman–Crippen MR) is 76.7 cm³/mol. The summed E-state index contributed by atoms with van der Waals surface area (Å²) in [5.74, 6) is 4.13. The van der Waals surface area contributed by atoms with Crippen molar-refractivity contribution in [2.45, 2.75) is 25.4 Å². The minimum atomic E-state index is 0.650. The molecule has 1 N–H and O–H groups in total. The van der Waals surface area contributed by atoms with E-state index in [4.69, 9.17) is 9.47 Å². The Bertz CT molecular complexity index is 378. The average Bonchev–Trinajstić information content (AvgIpc) is 2.45. The molecule has 2 rings (SSSR count). The summed E-state index contributed by atoms with van der Waals surface area (Å²) in [7, 11) is 3.34. The van der Waals surface area contributed by atoms with Crippen molar-refractivity contribution < 1.29 is 9.47 Å². The predicted octanol–water partition coefficient (Wildman–Crippen LogP) is 2.69. The summed E-state index contributed by atoms with van der Waals surface area (Å²) >= 11 is 2.04. The molecule has 0 unspecified atom stereocenters. The third kappa shape index (κ3) is 3.56. The van der Waals surface area contributed by atoms with Gasteiger partial charge in [-0.25, -0.2) is 0 Å². The van der Waals surface area contributed by atoms with Crippen LogP contribution in [-0.2, 0) is 6.54 Å². The lowest BCUT2D eigenvalue weighted by Crippen LogP contribution is -2.33. The Balaban J connectivity index is 1.92. The molecule has 1 aliphatic heterocycles. The van der Waals surface area contributed by atoms with Crippen molar-refractivity contribution in [1.82, 2.24) is 5.32 Å². The highest BCUT2D eigenvalue weighted by molar-refractivity contribution is 7.99. The van der Waals surface area contributed by atoms with Crippen LogP contribution in [0.15, 0.2) is 18.2 Å². The summed E-state index contributed by atoms with van der Waals surface area (Å²) in [6.07, 6.45) is 2.62. The second-order valence-corrected chi connectivity index (χ2v) is 5.63. The highest BCUT2D eigenvalue weighted by atomic mass is 32.2. The number of hydrogen-bond donors (Lipinski definition) is 1. The van der Waals surface area contributed by atoms with Crippen LogP contribution in [0.5, 0.6) is 11.5 Å². The Morgan fingerprint density at radius 3 is 2.78 bits per heavy atom. The molecule has 3 nitrogen and oxygen atoms in total. The first-order chi connectivity index (χ1) is 8.83. The van der Waals surface area contributed by atoms with E-state index in [2.05, 4.69) is 11.4 Å². The smallest absolute Gasteiger partial charge is 0.161 e. The molecule has 18 heavy (non-hydrogen) atoms. The van der Waals surface area contributed by atoms with Gasteiger partial charge in [-0.3, -0.25) is 0 Å². The van der Waals surface area contributed by atoms with E-state index in [1.165, 1.54) is 29.9 Å². The van der Waals surface area contributed by atoms with E-state index in [1.807, 2.05) is 23.9 Å². The molecule has 4 heteroatoms. The molecule has 0 amide bonds. The van der Waals surface area contributed by atoms with E-state index in [0.717, 1.165) is 18.0 Å². The fraction of sp³-hybridized carbons (Fsp3) is 0.571. The molecule has 1 aromatic rings. The highest BCUT2D eigenvalue weighted by Gasteiger charge is 2.13. The normalized spacial score (nSPS) is 19.6. The van der Waals surface area contributed by atoms with Gasteiger partial charge in [0.25, 0.3) is 0 Å². The molecule has 1 heterocycles.